The van der Waals surface area contributed by atoms with Crippen LogP contribution in [-0.2, 0) is 0 Å². The summed E-state index contributed by atoms with van der Waals surface area (Å²) in [5.74, 6) is 0.751. The predicted molar refractivity (Wildman–Crippen MR) is 64.9 cm³/mol. The molecule has 0 atom stereocenters. The maximum Gasteiger partial charge on any atom is 0.251 e. The van der Waals surface area contributed by atoms with Crippen molar-refractivity contribution < 1.29 is 9.53 Å². The van der Waals surface area contributed by atoms with Gasteiger partial charge in [0.05, 0.1) is 7.11 Å². The van der Waals surface area contributed by atoms with Gasteiger partial charge in [0.15, 0.2) is 0 Å². The molecule has 0 heterocycles. The summed E-state index contributed by atoms with van der Waals surface area (Å²) in [5.41, 5.74) is 0.678. The van der Waals surface area contributed by atoms with E-state index in [1.54, 1.807) is 31.4 Å². The van der Waals surface area contributed by atoms with Crippen LogP contribution in [0.5, 0.6) is 5.75 Å². The molecule has 0 spiro atoms. The smallest absolute Gasteiger partial charge is 0.251 e. The van der Waals surface area contributed by atoms with E-state index in [4.69, 9.17) is 4.74 Å². The lowest BCUT2D eigenvalue weighted by atomic mass is 10.2. The summed E-state index contributed by atoms with van der Waals surface area (Å²) in [6.07, 6.45) is 3.36. The van der Waals surface area contributed by atoms with E-state index >= 15 is 0 Å². The number of carbonyl (C=O) groups excluding carboxylic acids is 1. The second kappa shape index (κ2) is 6.88. The monoisotopic (exact) mass is 221 g/mol. The third-order valence-corrected chi connectivity index (χ3v) is 2.42. The van der Waals surface area contributed by atoms with Gasteiger partial charge < -0.3 is 10.1 Å². The van der Waals surface area contributed by atoms with Gasteiger partial charge in [-0.3, -0.25) is 4.79 Å². The van der Waals surface area contributed by atoms with Crippen LogP contribution in [0.15, 0.2) is 24.3 Å². The summed E-state index contributed by atoms with van der Waals surface area (Å²) in [6, 6.07) is 7.13. The predicted octanol–water partition coefficient (Wildman–Crippen LogP) is 2.62. The van der Waals surface area contributed by atoms with Gasteiger partial charge in [-0.15, -0.1) is 0 Å². The Bertz CT molecular complexity index is 319. The first kappa shape index (κ1) is 12.6. The molecule has 1 aromatic carbocycles. The minimum atomic E-state index is -0.0150. The van der Waals surface area contributed by atoms with Crippen molar-refractivity contribution in [3.63, 3.8) is 0 Å². The third kappa shape index (κ3) is 3.93. The molecule has 0 saturated heterocycles. The average Bonchev–Trinajstić information content (AvgIpc) is 2.34. The first-order valence-corrected chi connectivity index (χ1v) is 5.70. The highest BCUT2D eigenvalue weighted by molar-refractivity contribution is 5.94. The van der Waals surface area contributed by atoms with Crippen molar-refractivity contribution in [2.75, 3.05) is 13.7 Å². The van der Waals surface area contributed by atoms with Crippen molar-refractivity contribution in [2.24, 2.45) is 0 Å². The minimum Gasteiger partial charge on any atom is -0.497 e. The molecular formula is C13H19NO2. The lowest BCUT2D eigenvalue weighted by Gasteiger charge is -2.05. The maximum absolute atomic E-state index is 11.7. The number of methoxy groups -OCH3 is 1. The second-order valence-electron chi connectivity index (χ2n) is 3.69. The van der Waals surface area contributed by atoms with Gasteiger partial charge in [0.2, 0.25) is 0 Å². The highest BCUT2D eigenvalue weighted by Crippen LogP contribution is 2.10. The van der Waals surface area contributed by atoms with E-state index in [0.717, 1.165) is 25.1 Å². The quantitative estimate of drug-likeness (QED) is 0.750. The zero-order valence-corrected chi connectivity index (χ0v) is 9.95. The second-order valence-corrected chi connectivity index (χ2v) is 3.69. The maximum atomic E-state index is 11.7. The van der Waals surface area contributed by atoms with Crippen molar-refractivity contribution in [3.05, 3.63) is 29.8 Å². The zero-order valence-electron chi connectivity index (χ0n) is 9.95. The molecule has 0 unspecified atom stereocenters. The molecule has 0 bridgehead atoms. The van der Waals surface area contributed by atoms with Gasteiger partial charge in [0.1, 0.15) is 5.75 Å². The summed E-state index contributed by atoms with van der Waals surface area (Å²) in [6.45, 7) is 2.89. The van der Waals surface area contributed by atoms with Gasteiger partial charge in [0.25, 0.3) is 5.91 Å². The highest BCUT2D eigenvalue weighted by Gasteiger charge is 2.03. The molecule has 88 valence electrons. The van der Waals surface area contributed by atoms with Gasteiger partial charge in [0, 0.05) is 12.1 Å². The summed E-state index contributed by atoms with van der Waals surface area (Å²) in [5, 5.41) is 2.89. The fraction of sp³-hybridized carbons (Fsp3) is 0.462. The minimum absolute atomic E-state index is 0.0150. The summed E-state index contributed by atoms with van der Waals surface area (Å²) in [4.78, 5) is 11.7. The standard InChI is InChI=1S/C13H19NO2/c1-3-4-5-10-14-13(15)11-6-8-12(16-2)9-7-11/h6-9H,3-5,10H2,1-2H3,(H,14,15). The van der Waals surface area contributed by atoms with E-state index in [1.807, 2.05) is 0 Å². The number of unbranched alkanes of at least 4 members (excludes halogenated alkanes) is 2. The number of carbonyl (C=O) groups is 1. The molecule has 0 saturated carbocycles. The van der Waals surface area contributed by atoms with E-state index in [9.17, 15) is 4.79 Å². The topological polar surface area (TPSA) is 38.3 Å². The van der Waals surface area contributed by atoms with Crippen molar-refractivity contribution in [2.45, 2.75) is 26.2 Å². The van der Waals surface area contributed by atoms with E-state index < -0.39 is 0 Å². The number of hydrogen-bond donors (Lipinski definition) is 1. The Morgan fingerprint density at radius 3 is 2.50 bits per heavy atom. The van der Waals surface area contributed by atoms with Crippen molar-refractivity contribution in [1.82, 2.24) is 5.32 Å². The number of nitrogens with one attached hydrogen (secondary N) is 1. The number of hydrogen-bond acceptors (Lipinski definition) is 2. The van der Waals surface area contributed by atoms with Crippen LogP contribution in [0.3, 0.4) is 0 Å². The van der Waals surface area contributed by atoms with Gasteiger partial charge in [-0.25, -0.2) is 0 Å². The van der Waals surface area contributed by atoms with E-state index in [0.29, 0.717) is 5.56 Å². The molecular weight excluding hydrogens is 202 g/mol. The largest absolute Gasteiger partial charge is 0.497 e. The molecule has 3 nitrogen and oxygen atoms in total. The van der Waals surface area contributed by atoms with E-state index in [2.05, 4.69) is 12.2 Å². The van der Waals surface area contributed by atoms with Crippen LogP contribution in [0, 0.1) is 0 Å². The molecule has 0 radical (unpaired) electrons. The van der Waals surface area contributed by atoms with E-state index in [-0.39, 0.29) is 5.91 Å². The van der Waals surface area contributed by atoms with Crippen LogP contribution in [0.4, 0.5) is 0 Å². The summed E-state index contributed by atoms with van der Waals surface area (Å²) in [7, 11) is 1.61. The van der Waals surface area contributed by atoms with Gasteiger partial charge in [-0.05, 0) is 30.7 Å². The Balaban J connectivity index is 2.40. The van der Waals surface area contributed by atoms with Crippen molar-refractivity contribution in [3.8, 4) is 5.75 Å². The summed E-state index contributed by atoms with van der Waals surface area (Å²) < 4.78 is 5.03. The number of benzene rings is 1. The number of ether oxygens (including phenoxy) is 1. The normalized spacial score (nSPS) is 9.88. The number of rotatable bonds is 6. The average molecular weight is 221 g/mol. The van der Waals surface area contributed by atoms with E-state index in [1.165, 1.54) is 6.42 Å². The molecule has 1 aromatic rings. The molecule has 0 aliphatic carbocycles. The molecule has 1 amide bonds. The van der Waals surface area contributed by atoms with Crippen LogP contribution < -0.4 is 10.1 Å². The number of amides is 1. The van der Waals surface area contributed by atoms with Gasteiger partial charge >= 0.3 is 0 Å². The molecule has 3 heteroatoms. The Morgan fingerprint density at radius 1 is 1.25 bits per heavy atom. The van der Waals surface area contributed by atoms with Crippen LogP contribution >= 0.6 is 0 Å². The Hall–Kier alpha value is -1.51. The SMILES string of the molecule is CCCCCNC(=O)c1ccc(OC)cc1. The molecule has 0 aliphatic heterocycles. The summed E-state index contributed by atoms with van der Waals surface area (Å²) >= 11 is 0. The third-order valence-electron chi connectivity index (χ3n) is 2.42. The van der Waals surface area contributed by atoms with Crippen LogP contribution in [0.1, 0.15) is 36.5 Å². The first-order valence-electron chi connectivity index (χ1n) is 5.70. The molecule has 16 heavy (non-hydrogen) atoms. The van der Waals surface area contributed by atoms with Crippen LogP contribution in [-0.4, -0.2) is 19.6 Å². The Labute approximate surface area is 96.8 Å². The fourth-order valence-corrected chi connectivity index (χ4v) is 1.42. The molecule has 0 aliphatic rings. The van der Waals surface area contributed by atoms with Gasteiger partial charge in [-0.2, -0.15) is 0 Å². The Kier molecular flexibility index (Phi) is 5.40. The van der Waals surface area contributed by atoms with Crippen molar-refractivity contribution >= 4 is 5.91 Å². The molecule has 0 aromatic heterocycles. The Morgan fingerprint density at radius 2 is 1.94 bits per heavy atom. The lowest BCUT2D eigenvalue weighted by molar-refractivity contribution is 0.0953. The molecule has 0 fully saturated rings. The first-order chi connectivity index (χ1) is 7.77. The zero-order chi connectivity index (χ0) is 11.8. The van der Waals surface area contributed by atoms with Crippen LogP contribution in [0.2, 0.25) is 0 Å². The van der Waals surface area contributed by atoms with Crippen molar-refractivity contribution in [1.29, 1.82) is 0 Å². The lowest BCUT2D eigenvalue weighted by Crippen LogP contribution is -2.24. The van der Waals surface area contributed by atoms with Crippen LogP contribution in [0.25, 0.3) is 0 Å². The molecule has 1 N–H and O–H groups in total. The fourth-order valence-electron chi connectivity index (χ4n) is 1.42. The molecule has 1 rings (SSSR count). The highest BCUT2D eigenvalue weighted by atomic mass is 16.5. The van der Waals surface area contributed by atoms with Gasteiger partial charge in [-0.1, -0.05) is 19.8 Å².